The van der Waals surface area contributed by atoms with E-state index in [1.54, 1.807) is 0 Å². The predicted octanol–water partition coefficient (Wildman–Crippen LogP) is 0.0506. The summed E-state index contributed by atoms with van der Waals surface area (Å²) in [5.41, 5.74) is 6.19. The number of aromatic carboxylic acids is 1. The molecule has 0 atom stereocenters. The fourth-order valence-electron chi connectivity index (χ4n) is 2.13. The molecule has 0 unspecified atom stereocenters. The normalized spacial score (nSPS) is 14.8. The average Bonchev–Trinajstić information content (AvgIpc) is 2.56. The van der Waals surface area contributed by atoms with Crippen LogP contribution in [-0.2, 0) is 4.74 Å². The van der Waals surface area contributed by atoms with E-state index in [0.29, 0.717) is 37.8 Å². The summed E-state index contributed by atoms with van der Waals surface area (Å²) < 4.78 is 5.29. The van der Waals surface area contributed by atoms with Crippen molar-refractivity contribution in [2.45, 2.75) is 0 Å². The first-order valence-corrected chi connectivity index (χ1v) is 6.66. The van der Waals surface area contributed by atoms with Gasteiger partial charge in [0.2, 0.25) is 11.9 Å². The lowest BCUT2D eigenvalue weighted by molar-refractivity contribution is 0.0697. The van der Waals surface area contributed by atoms with Crippen LogP contribution in [-0.4, -0.2) is 57.3 Å². The molecule has 3 rings (SSSR count). The summed E-state index contributed by atoms with van der Waals surface area (Å²) >= 11 is 0. The van der Waals surface area contributed by atoms with Gasteiger partial charge in [0.25, 0.3) is 0 Å². The molecule has 9 heteroatoms. The molecule has 3 heterocycles. The zero-order chi connectivity index (χ0) is 15.5. The number of hydrogen-bond acceptors (Lipinski definition) is 8. The van der Waals surface area contributed by atoms with Crippen LogP contribution < -0.4 is 10.6 Å². The van der Waals surface area contributed by atoms with E-state index >= 15 is 0 Å². The van der Waals surface area contributed by atoms with Gasteiger partial charge in [-0.25, -0.2) is 24.7 Å². The fraction of sp³-hybridized carbons (Fsp3) is 0.308. The molecule has 22 heavy (non-hydrogen) atoms. The standard InChI is InChI=1S/C13H14N6O3/c14-12-15-5-8(6-16-12)10-9(11(20)21)7-17-13(18-10)19-1-3-22-4-2-19/h5-7H,1-4H2,(H,20,21)(H2,14,15,16). The number of carboxylic acids is 1. The molecule has 114 valence electrons. The summed E-state index contributed by atoms with van der Waals surface area (Å²) in [4.78, 5) is 29.6. The Morgan fingerprint density at radius 2 is 1.86 bits per heavy atom. The minimum absolute atomic E-state index is 0.00891. The Morgan fingerprint density at radius 3 is 2.50 bits per heavy atom. The van der Waals surface area contributed by atoms with Crippen molar-refractivity contribution in [3.05, 3.63) is 24.2 Å². The maximum atomic E-state index is 11.4. The molecule has 0 amide bonds. The molecule has 2 aromatic heterocycles. The van der Waals surface area contributed by atoms with Crippen molar-refractivity contribution in [3.8, 4) is 11.3 Å². The number of hydrogen-bond donors (Lipinski definition) is 2. The molecule has 0 bridgehead atoms. The topological polar surface area (TPSA) is 127 Å². The van der Waals surface area contributed by atoms with Crippen LogP contribution >= 0.6 is 0 Å². The lowest BCUT2D eigenvalue weighted by Crippen LogP contribution is -2.37. The molecule has 0 radical (unpaired) electrons. The van der Waals surface area contributed by atoms with Crippen LogP contribution in [0.25, 0.3) is 11.3 Å². The van der Waals surface area contributed by atoms with Crippen LogP contribution in [0.15, 0.2) is 18.6 Å². The summed E-state index contributed by atoms with van der Waals surface area (Å²) in [6, 6.07) is 0. The number of morpholine rings is 1. The van der Waals surface area contributed by atoms with E-state index in [2.05, 4.69) is 19.9 Å². The van der Waals surface area contributed by atoms with E-state index < -0.39 is 5.97 Å². The summed E-state index contributed by atoms with van der Waals surface area (Å²) in [5.74, 6) is -0.538. The number of aromatic nitrogens is 4. The summed E-state index contributed by atoms with van der Waals surface area (Å²) in [7, 11) is 0. The maximum absolute atomic E-state index is 11.4. The monoisotopic (exact) mass is 302 g/mol. The second-order valence-electron chi connectivity index (χ2n) is 4.67. The first-order valence-electron chi connectivity index (χ1n) is 6.66. The summed E-state index contributed by atoms with van der Waals surface area (Å²) in [6.45, 7) is 2.49. The Labute approximate surface area is 125 Å². The van der Waals surface area contributed by atoms with Crippen molar-refractivity contribution in [1.82, 2.24) is 19.9 Å². The number of anilines is 2. The lowest BCUT2D eigenvalue weighted by atomic mass is 10.1. The minimum atomic E-state index is -1.11. The molecule has 1 saturated heterocycles. The summed E-state index contributed by atoms with van der Waals surface area (Å²) in [5, 5.41) is 9.30. The zero-order valence-electron chi connectivity index (χ0n) is 11.6. The predicted molar refractivity (Wildman–Crippen MR) is 77.5 cm³/mol. The van der Waals surface area contributed by atoms with Gasteiger partial charge in [-0.05, 0) is 0 Å². The van der Waals surface area contributed by atoms with Gasteiger partial charge in [0, 0.05) is 37.2 Å². The number of nitrogen functional groups attached to an aromatic ring is 1. The molecule has 0 aromatic carbocycles. The second kappa shape index (κ2) is 5.90. The van der Waals surface area contributed by atoms with Crippen LogP contribution in [0, 0.1) is 0 Å². The van der Waals surface area contributed by atoms with Crippen LogP contribution in [0.1, 0.15) is 10.4 Å². The van der Waals surface area contributed by atoms with E-state index in [4.69, 9.17) is 10.5 Å². The first kappa shape index (κ1) is 14.1. The van der Waals surface area contributed by atoms with E-state index in [1.807, 2.05) is 4.90 Å². The molecule has 2 aromatic rings. The first-order chi connectivity index (χ1) is 10.6. The Morgan fingerprint density at radius 1 is 1.18 bits per heavy atom. The van der Waals surface area contributed by atoms with Crippen molar-refractivity contribution >= 4 is 17.9 Å². The van der Waals surface area contributed by atoms with Crippen LogP contribution in [0.2, 0.25) is 0 Å². The molecule has 0 aliphatic carbocycles. The third-order valence-corrected chi connectivity index (χ3v) is 3.25. The number of carbonyl (C=O) groups is 1. The van der Waals surface area contributed by atoms with Crippen LogP contribution in [0.4, 0.5) is 11.9 Å². The second-order valence-corrected chi connectivity index (χ2v) is 4.67. The van der Waals surface area contributed by atoms with Gasteiger partial charge < -0.3 is 20.5 Å². The van der Waals surface area contributed by atoms with Crippen LogP contribution in [0.3, 0.4) is 0 Å². The van der Waals surface area contributed by atoms with Crippen molar-refractivity contribution in [3.63, 3.8) is 0 Å². The number of ether oxygens (including phenoxy) is 1. The van der Waals surface area contributed by atoms with Gasteiger partial charge in [-0.2, -0.15) is 0 Å². The van der Waals surface area contributed by atoms with Gasteiger partial charge in [0.05, 0.1) is 18.9 Å². The highest BCUT2D eigenvalue weighted by Gasteiger charge is 2.20. The van der Waals surface area contributed by atoms with Crippen molar-refractivity contribution in [2.24, 2.45) is 0 Å². The quantitative estimate of drug-likeness (QED) is 0.808. The van der Waals surface area contributed by atoms with Crippen molar-refractivity contribution in [2.75, 3.05) is 36.9 Å². The van der Waals surface area contributed by atoms with Gasteiger partial charge in [-0.15, -0.1) is 0 Å². The Bertz CT molecular complexity index is 685. The van der Waals surface area contributed by atoms with E-state index in [0.717, 1.165) is 0 Å². The highest BCUT2D eigenvalue weighted by Crippen LogP contribution is 2.23. The van der Waals surface area contributed by atoms with Crippen molar-refractivity contribution in [1.29, 1.82) is 0 Å². The van der Waals surface area contributed by atoms with E-state index in [1.165, 1.54) is 18.6 Å². The molecule has 0 saturated carbocycles. The maximum Gasteiger partial charge on any atom is 0.339 e. The number of rotatable bonds is 3. The van der Waals surface area contributed by atoms with Crippen LogP contribution in [0.5, 0.6) is 0 Å². The number of nitrogens with zero attached hydrogens (tertiary/aromatic N) is 5. The van der Waals surface area contributed by atoms with Gasteiger partial charge in [0.15, 0.2) is 0 Å². The summed E-state index contributed by atoms with van der Waals surface area (Å²) in [6.07, 6.45) is 4.19. The fourth-order valence-corrected chi connectivity index (χ4v) is 2.13. The molecule has 9 nitrogen and oxygen atoms in total. The Kier molecular flexibility index (Phi) is 3.79. The largest absolute Gasteiger partial charge is 0.478 e. The number of nitrogens with two attached hydrogens (primary N) is 1. The smallest absolute Gasteiger partial charge is 0.339 e. The molecule has 1 aliphatic heterocycles. The molecule has 0 spiro atoms. The number of carboxylic acid groups (broad SMARTS) is 1. The Balaban J connectivity index is 2.04. The molecule has 1 aliphatic rings. The third kappa shape index (κ3) is 2.79. The van der Waals surface area contributed by atoms with Crippen molar-refractivity contribution < 1.29 is 14.6 Å². The SMILES string of the molecule is Nc1ncc(-c2nc(N3CCOCC3)ncc2C(=O)O)cn1. The van der Waals surface area contributed by atoms with E-state index in [-0.39, 0.29) is 17.2 Å². The average molecular weight is 302 g/mol. The molecule has 1 fully saturated rings. The lowest BCUT2D eigenvalue weighted by Gasteiger charge is -2.27. The van der Waals surface area contributed by atoms with E-state index in [9.17, 15) is 9.90 Å². The third-order valence-electron chi connectivity index (χ3n) is 3.25. The highest BCUT2D eigenvalue weighted by molar-refractivity contribution is 5.94. The van der Waals surface area contributed by atoms with Gasteiger partial charge in [0.1, 0.15) is 5.56 Å². The van der Waals surface area contributed by atoms with Gasteiger partial charge >= 0.3 is 5.97 Å². The van der Waals surface area contributed by atoms with Gasteiger partial charge in [-0.3, -0.25) is 0 Å². The highest BCUT2D eigenvalue weighted by atomic mass is 16.5. The molecular weight excluding hydrogens is 288 g/mol. The zero-order valence-corrected chi connectivity index (χ0v) is 11.6. The molecular formula is C13H14N6O3. The van der Waals surface area contributed by atoms with Gasteiger partial charge in [-0.1, -0.05) is 0 Å². The Hall–Kier alpha value is -2.81. The minimum Gasteiger partial charge on any atom is -0.478 e. The molecule has 3 N–H and O–H groups in total.